The van der Waals surface area contributed by atoms with Gasteiger partial charge in [-0.15, -0.1) is 11.3 Å². The third kappa shape index (κ3) is 5.22. The van der Waals surface area contributed by atoms with Crippen LogP contribution in [0, 0.1) is 24.2 Å². The van der Waals surface area contributed by atoms with Gasteiger partial charge in [0.25, 0.3) is 0 Å². The van der Waals surface area contributed by atoms with Crippen LogP contribution in [0.2, 0.25) is 0 Å². The van der Waals surface area contributed by atoms with E-state index in [2.05, 4.69) is 16.9 Å². The first kappa shape index (κ1) is 19.3. The normalized spacial score (nSPS) is 13.5. The molecular formula is C19H22NO3PS. The zero-order valence-electron chi connectivity index (χ0n) is 15.0. The number of hydrogen-bond donors (Lipinski definition) is 2. The van der Waals surface area contributed by atoms with Crippen molar-refractivity contribution in [3.63, 3.8) is 0 Å². The van der Waals surface area contributed by atoms with Crippen molar-refractivity contribution in [1.82, 2.24) is 0 Å². The average Bonchev–Trinajstić information content (AvgIpc) is 2.87. The van der Waals surface area contributed by atoms with Crippen LogP contribution < -0.4 is 10.4 Å². The standard InChI is InChI=1S/C19H22NO3PS/c1-13-6-8-14(9-7-13)24(5,23)20-16-12-15(10-11-19(2,3)4)25-17(16)18(21)22/h6-9,12H,1-5H3,(H,20,23)(H,21,22). The summed E-state index contributed by atoms with van der Waals surface area (Å²) in [6.07, 6.45) is 0. The number of carboxylic acids is 1. The number of nitrogens with one attached hydrogen (secondary N) is 1. The number of rotatable bonds is 4. The number of aromatic carboxylic acids is 1. The molecule has 1 unspecified atom stereocenters. The second-order valence-electron chi connectivity index (χ2n) is 7.03. The highest BCUT2D eigenvalue weighted by Crippen LogP contribution is 2.43. The van der Waals surface area contributed by atoms with Gasteiger partial charge in [-0.3, -0.25) is 4.57 Å². The quantitative estimate of drug-likeness (QED) is 0.595. The fourth-order valence-electron chi connectivity index (χ4n) is 2.07. The van der Waals surface area contributed by atoms with Gasteiger partial charge in [-0.2, -0.15) is 0 Å². The maximum absolute atomic E-state index is 13.1. The molecular weight excluding hydrogens is 353 g/mol. The number of benzene rings is 1. The number of carbonyl (C=O) groups is 1. The lowest BCUT2D eigenvalue weighted by molar-refractivity contribution is 0.0703. The number of aryl methyl sites for hydroxylation is 1. The molecule has 25 heavy (non-hydrogen) atoms. The highest BCUT2D eigenvalue weighted by molar-refractivity contribution is 7.72. The molecule has 132 valence electrons. The van der Waals surface area contributed by atoms with E-state index >= 15 is 0 Å². The van der Waals surface area contributed by atoms with Crippen molar-refractivity contribution in [3.8, 4) is 11.8 Å². The first-order chi connectivity index (χ1) is 11.5. The molecule has 0 amide bonds. The van der Waals surface area contributed by atoms with Crippen LogP contribution in [-0.4, -0.2) is 17.7 Å². The van der Waals surface area contributed by atoms with Gasteiger partial charge in [0.05, 0.1) is 10.6 Å². The van der Waals surface area contributed by atoms with Crippen molar-refractivity contribution in [1.29, 1.82) is 0 Å². The number of hydrogen-bond acceptors (Lipinski definition) is 3. The van der Waals surface area contributed by atoms with Crippen LogP contribution in [0.5, 0.6) is 0 Å². The molecule has 1 heterocycles. The molecule has 0 aliphatic heterocycles. The molecule has 6 heteroatoms. The molecule has 0 saturated heterocycles. The van der Waals surface area contributed by atoms with Gasteiger partial charge in [0.1, 0.15) is 4.88 Å². The number of carboxylic acid groups (broad SMARTS) is 1. The summed E-state index contributed by atoms with van der Waals surface area (Å²) in [6.45, 7) is 9.52. The summed E-state index contributed by atoms with van der Waals surface area (Å²) in [6, 6.07) is 9.04. The van der Waals surface area contributed by atoms with E-state index in [4.69, 9.17) is 0 Å². The molecule has 0 fully saturated rings. The third-order valence-electron chi connectivity index (χ3n) is 3.35. The molecule has 1 aromatic heterocycles. The Kier molecular flexibility index (Phi) is 5.46. The lowest BCUT2D eigenvalue weighted by atomic mass is 9.98. The summed E-state index contributed by atoms with van der Waals surface area (Å²) in [5.41, 5.74) is 1.25. The Labute approximate surface area is 152 Å². The van der Waals surface area contributed by atoms with Crippen molar-refractivity contribution >= 4 is 35.6 Å². The minimum absolute atomic E-state index is 0.118. The van der Waals surface area contributed by atoms with E-state index < -0.39 is 13.3 Å². The zero-order valence-corrected chi connectivity index (χ0v) is 16.7. The highest BCUT2D eigenvalue weighted by Gasteiger charge is 2.23. The minimum Gasteiger partial charge on any atom is -0.477 e. The first-order valence-electron chi connectivity index (χ1n) is 7.81. The summed E-state index contributed by atoms with van der Waals surface area (Å²) in [7, 11) is -2.95. The SMILES string of the molecule is Cc1ccc(P(C)(=O)Nc2cc(C#CC(C)(C)C)sc2C(=O)O)cc1. The Morgan fingerprint density at radius 2 is 1.84 bits per heavy atom. The van der Waals surface area contributed by atoms with Crippen molar-refractivity contribution < 1.29 is 14.5 Å². The van der Waals surface area contributed by atoms with Crippen LogP contribution >= 0.6 is 18.6 Å². The van der Waals surface area contributed by atoms with Gasteiger partial charge in [-0.05, 0) is 45.9 Å². The third-order valence-corrected chi connectivity index (χ3v) is 6.34. The zero-order chi connectivity index (χ0) is 18.8. The van der Waals surface area contributed by atoms with Crippen molar-refractivity contribution in [2.45, 2.75) is 27.7 Å². The van der Waals surface area contributed by atoms with E-state index in [1.165, 1.54) is 0 Å². The monoisotopic (exact) mass is 375 g/mol. The lowest BCUT2D eigenvalue weighted by Crippen LogP contribution is -2.11. The molecule has 2 N–H and O–H groups in total. The van der Waals surface area contributed by atoms with Crippen LogP contribution in [0.4, 0.5) is 5.69 Å². The van der Waals surface area contributed by atoms with E-state index in [0.717, 1.165) is 16.9 Å². The smallest absolute Gasteiger partial charge is 0.348 e. The van der Waals surface area contributed by atoms with Gasteiger partial charge in [-0.1, -0.05) is 29.5 Å². The van der Waals surface area contributed by atoms with Crippen molar-refractivity contribution in [2.75, 3.05) is 11.8 Å². The molecule has 0 aliphatic rings. The van der Waals surface area contributed by atoms with Gasteiger partial charge in [0.15, 0.2) is 7.29 Å². The summed E-state index contributed by atoms with van der Waals surface area (Å²) in [5, 5.41) is 13.0. The topological polar surface area (TPSA) is 66.4 Å². The molecule has 2 rings (SSSR count). The van der Waals surface area contributed by atoms with E-state index in [0.29, 0.717) is 15.9 Å². The molecule has 2 aromatic rings. The van der Waals surface area contributed by atoms with Gasteiger partial charge in [0.2, 0.25) is 0 Å². The minimum atomic E-state index is -2.95. The Hall–Kier alpha value is -2.02. The van der Waals surface area contributed by atoms with E-state index in [1.54, 1.807) is 24.9 Å². The summed E-state index contributed by atoms with van der Waals surface area (Å²) in [5.74, 6) is 5.04. The molecule has 1 atom stereocenters. The predicted octanol–water partition coefficient (Wildman–Crippen LogP) is 4.80. The van der Waals surface area contributed by atoms with Crippen molar-refractivity contribution in [2.24, 2.45) is 5.41 Å². The molecule has 0 radical (unpaired) electrons. The first-order valence-corrected chi connectivity index (χ1v) is 10.8. The Bertz CT molecular complexity index is 895. The molecule has 4 nitrogen and oxygen atoms in total. The Morgan fingerprint density at radius 3 is 2.36 bits per heavy atom. The fourth-order valence-corrected chi connectivity index (χ4v) is 4.43. The van der Waals surface area contributed by atoms with Crippen molar-refractivity contribution in [3.05, 3.63) is 45.6 Å². The van der Waals surface area contributed by atoms with Crippen LogP contribution in [0.1, 0.15) is 40.9 Å². The second-order valence-corrected chi connectivity index (χ2v) is 10.7. The van der Waals surface area contributed by atoms with Gasteiger partial charge in [0, 0.05) is 17.4 Å². The van der Waals surface area contributed by atoms with Gasteiger partial charge in [-0.25, -0.2) is 4.79 Å². The average molecular weight is 375 g/mol. The Balaban J connectivity index is 2.39. The Morgan fingerprint density at radius 1 is 1.24 bits per heavy atom. The van der Waals surface area contributed by atoms with E-state index in [9.17, 15) is 14.5 Å². The molecule has 0 spiro atoms. The molecule has 0 bridgehead atoms. The number of thiophene rings is 1. The largest absolute Gasteiger partial charge is 0.477 e. The van der Waals surface area contributed by atoms with E-state index in [1.807, 2.05) is 39.8 Å². The summed E-state index contributed by atoms with van der Waals surface area (Å²) < 4.78 is 13.1. The van der Waals surface area contributed by atoms with E-state index in [-0.39, 0.29) is 10.3 Å². The van der Waals surface area contributed by atoms with Crippen LogP contribution in [-0.2, 0) is 4.57 Å². The van der Waals surface area contributed by atoms with Gasteiger partial charge >= 0.3 is 5.97 Å². The molecule has 0 aliphatic carbocycles. The fraction of sp³-hybridized carbons (Fsp3) is 0.316. The lowest BCUT2D eigenvalue weighted by Gasteiger charge is -2.16. The number of anilines is 1. The van der Waals surface area contributed by atoms with Gasteiger partial charge < -0.3 is 10.2 Å². The maximum atomic E-state index is 13.1. The highest BCUT2D eigenvalue weighted by atomic mass is 32.1. The second kappa shape index (κ2) is 7.07. The van der Waals surface area contributed by atoms with Crippen LogP contribution in [0.15, 0.2) is 30.3 Å². The van der Waals surface area contributed by atoms with Crippen LogP contribution in [0.25, 0.3) is 0 Å². The predicted molar refractivity (Wildman–Crippen MR) is 106 cm³/mol. The summed E-state index contributed by atoms with van der Waals surface area (Å²) >= 11 is 1.09. The molecule has 0 saturated carbocycles. The summed E-state index contributed by atoms with van der Waals surface area (Å²) in [4.78, 5) is 12.3. The van der Waals surface area contributed by atoms with Crippen LogP contribution in [0.3, 0.4) is 0 Å². The maximum Gasteiger partial charge on any atom is 0.348 e. The molecule has 1 aromatic carbocycles.